The second-order valence-corrected chi connectivity index (χ2v) is 8.13. The standard InChI is InChI=1S/C23H26N6O.CH4O/c1-4-29-23(3,12-20(30)21(28-29)15-7-5-14(2)6-8-15)22-25-18-10-9-17-16(13-24-27-17)11-19(18)26-22;1-2/h5-9,11-12,24,27,30H,4,10,13H2,1-3H3,(H,25,26);2H,1H3. The van der Waals surface area contributed by atoms with Gasteiger partial charge in [0.05, 0.1) is 5.69 Å². The number of nitrogens with zero attached hydrogens (tertiary/aromatic N) is 3. The number of rotatable bonds is 3. The topological polar surface area (TPSA) is 109 Å². The Balaban J connectivity index is 0.00000119. The highest BCUT2D eigenvalue weighted by molar-refractivity contribution is 6.11. The fourth-order valence-electron chi connectivity index (χ4n) is 4.22. The number of hydrazine groups is 1. The summed E-state index contributed by atoms with van der Waals surface area (Å²) in [4.78, 5) is 8.43. The van der Waals surface area contributed by atoms with Crippen LogP contribution < -0.4 is 10.9 Å². The van der Waals surface area contributed by atoms with Gasteiger partial charge in [0.15, 0.2) is 0 Å². The third-order valence-corrected chi connectivity index (χ3v) is 6.00. The molecule has 1 fully saturated rings. The molecule has 0 spiro atoms. The Morgan fingerprint density at radius 3 is 2.66 bits per heavy atom. The van der Waals surface area contributed by atoms with Crippen molar-refractivity contribution in [3.8, 4) is 0 Å². The van der Waals surface area contributed by atoms with Crippen LogP contribution in [0.15, 0.2) is 58.5 Å². The molecule has 8 nitrogen and oxygen atoms in total. The van der Waals surface area contributed by atoms with Crippen LogP contribution in [0, 0.1) is 6.92 Å². The Hall–Kier alpha value is -3.36. The molecule has 0 bridgehead atoms. The van der Waals surface area contributed by atoms with Crippen molar-refractivity contribution in [2.75, 3.05) is 20.2 Å². The van der Waals surface area contributed by atoms with Crippen molar-refractivity contribution < 1.29 is 10.2 Å². The molecule has 8 heteroatoms. The summed E-state index contributed by atoms with van der Waals surface area (Å²) in [5.41, 5.74) is 12.7. The van der Waals surface area contributed by atoms with E-state index in [1.165, 1.54) is 11.1 Å². The molecule has 32 heavy (non-hydrogen) atoms. The molecular formula is C24H30N6O2. The summed E-state index contributed by atoms with van der Waals surface area (Å²) in [6.45, 7) is 7.60. The van der Waals surface area contributed by atoms with Gasteiger partial charge in [-0.1, -0.05) is 35.9 Å². The van der Waals surface area contributed by atoms with Crippen LogP contribution in [0.3, 0.4) is 0 Å². The van der Waals surface area contributed by atoms with Gasteiger partial charge in [0.1, 0.15) is 22.8 Å². The molecule has 0 amide bonds. The van der Waals surface area contributed by atoms with Crippen molar-refractivity contribution in [3.63, 3.8) is 0 Å². The zero-order valence-corrected chi connectivity index (χ0v) is 18.9. The summed E-state index contributed by atoms with van der Waals surface area (Å²) >= 11 is 0. The minimum absolute atomic E-state index is 0.169. The van der Waals surface area contributed by atoms with Gasteiger partial charge in [-0.3, -0.25) is 5.01 Å². The number of aromatic amines is 1. The normalized spacial score (nSPS) is 21.6. The molecule has 3 heterocycles. The molecular weight excluding hydrogens is 404 g/mol. The molecule has 1 aliphatic carbocycles. The lowest BCUT2D eigenvalue weighted by molar-refractivity contribution is 0.142. The number of aliphatic hydroxyl groups excluding tert-OH is 2. The molecule has 2 aliphatic heterocycles. The number of H-pyrrole nitrogens is 1. The third-order valence-electron chi connectivity index (χ3n) is 6.00. The van der Waals surface area contributed by atoms with Crippen LogP contribution in [0.1, 0.15) is 42.2 Å². The van der Waals surface area contributed by atoms with E-state index in [0.29, 0.717) is 12.3 Å². The van der Waals surface area contributed by atoms with Gasteiger partial charge in [0.2, 0.25) is 0 Å². The molecule has 1 atom stereocenters. The van der Waals surface area contributed by atoms with Crippen LogP contribution in [-0.4, -0.2) is 51.1 Å². The van der Waals surface area contributed by atoms with Gasteiger partial charge in [0.25, 0.3) is 0 Å². The van der Waals surface area contributed by atoms with E-state index in [9.17, 15) is 5.11 Å². The zero-order chi connectivity index (χ0) is 22.9. The molecule has 1 unspecified atom stereocenters. The number of imidazole rings is 1. The first-order valence-corrected chi connectivity index (χ1v) is 10.8. The van der Waals surface area contributed by atoms with E-state index in [4.69, 9.17) is 15.2 Å². The Kier molecular flexibility index (Phi) is 5.90. The average molecular weight is 435 g/mol. The van der Waals surface area contributed by atoms with Crippen molar-refractivity contribution in [3.05, 3.63) is 81.8 Å². The largest absolute Gasteiger partial charge is 0.506 e. The number of hydrogen-bond donors (Lipinski definition) is 5. The van der Waals surface area contributed by atoms with Gasteiger partial charge in [-0.25, -0.2) is 10.4 Å². The summed E-state index contributed by atoms with van der Waals surface area (Å²) in [6, 6.07) is 8.04. The second-order valence-electron chi connectivity index (χ2n) is 8.13. The van der Waals surface area contributed by atoms with E-state index in [1.54, 1.807) is 0 Å². The van der Waals surface area contributed by atoms with E-state index in [1.807, 2.05) is 49.2 Å². The van der Waals surface area contributed by atoms with Gasteiger partial charge in [0, 0.05) is 43.6 Å². The lowest BCUT2D eigenvalue weighted by atomic mass is 9.94. The molecule has 1 saturated heterocycles. The van der Waals surface area contributed by atoms with Gasteiger partial charge < -0.3 is 20.6 Å². The number of allylic oxidation sites excluding steroid dienone is 2. The number of likely N-dealkylation sites (N-methyl/N-ethyl adjacent to an activating group) is 1. The molecule has 2 aromatic rings. The van der Waals surface area contributed by atoms with Crippen molar-refractivity contribution in [2.45, 2.75) is 32.7 Å². The maximum Gasteiger partial charge on any atom is 0.142 e. The van der Waals surface area contributed by atoms with Crippen molar-refractivity contribution in [2.24, 2.45) is 5.10 Å². The van der Waals surface area contributed by atoms with Crippen LogP contribution in [0.2, 0.25) is 0 Å². The van der Waals surface area contributed by atoms with Crippen LogP contribution in [0.25, 0.3) is 6.08 Å². The van der Waals surface area contributed by atoms with Crippen LogP contribution >= 0.6 is 0 Å². The number of aryl methyl sites for hydroxylation is 1. The predicted molar refractivity (Wildman–Crippen MR) is 126 cm³/mol. The van der Waals surface area contributed by atoms with Gasteiger partial charge >= 0.3 is 0 Å². The molecule has 0 radical (unpaired) electrons. The monoisotopic (exact) mass is 434 g/mol. The molecule has 5 rings (SSSR count). The quantitative estimate of drug-likeness (QED) is 0.508. The molecule has 1 aromatic heterocycles. The SMILES string of the molecule is CCN1N=C(c2ccc(C)cc2)C(O)=CC1(C)c1nc2c([nH]1)CC=C1NNCC1=C2.CO. The summed E-state index contributed by atoms with van der Waals surface area (Å²) < 4.78 is 0. The number of hydrogen-bond acceptors (Lipinski definition) is 7. The number of nitrogens with one attached hydrogen (secondary N) is 3. The Morgan fingerprint density at radius 2 is 1.94 bits per heavy atom. The van der Waals surface area contributed by atoms with E-state index in [-0.39, 0.29) is 5.76 Å². The first-order chi connectivity index (χ1) is 15.5. The zero-order valence-electron chi connectivity index (χ0n) is 18.9. The number of fused-ring (bicyclic) bond motifs is 2. The average Bonchev–Trinajstić information content (AvgIpc) is 3.39. The Labute approximate surface area is 188 Å². The van der Waals surface area contributed by atoms with Gasteiger partial charge in [-0.2, -0.15) is 5.10 Å². The summed E-state index contributed by atoms with van der Waals surface area (Å²) in [5, 5.41) is 24.7. The smallest absolute Gasteiger partial charge is 0.142 e. The number of hydrazone groups is 1. The number of aromatic nitrogens is 2. The van der Waals surface area contributed by atoms with Crippen LogP contribution in [-0.2, 0) is 12.0 Å². The van der Waals surface area contributed by atoms with Crippen LogP contribution in [0.5, 0.6) is 0 Å². The first kappa shape index (κ1) is 21.9. The highest BCUT2D eigenvalue weighted by Crippen LogP contribution is 2.35. The van der Waals surface area contributed by atoms with E-state index >= 15 is 0 Å². The highest BCUT2D eigenvalue weighted by Gasteiger charge is 2.39. The fraction of sp³-hybridized carbons (Fsp3) is 0.333. The maximum atomic E-state index is 10.9. The minimum atomic E-state index is -0.670. The summed E-state index contributed by atoms with van der Waals surface area (Å²) in [7, 11) is 1.00. The second kappa shape index (κ2) is 8.64. The minimum Gasteiger partial charge on any atom is -0.506 e. The van der Waals surface area contributed by atoms with E-state index in [0.717, 1.165) is 48.5 Å². The fourth-order valence-corrected chi connectivity index (χ4v) is 4.22. The highest BCUT2D eigenvalue weighted by atomic mass is 16.3. The predicted octanol–water partition coefficient (Wildman–Crippen LogP) is 2.65. The van der Waals surface area contributed by atoms with E-state index in [2.05, 4.69) is 34.9 Å². The molecule has 0 saturated carbocycles. The summed E-state index contributed by atoms with van der Waals surface area (Å²) in [6.07, 6.45) is 6.90. The van der Waals surface area contributed by atoms with Crippen molar-refractivity contribution >= 4 is 11.8 Å². The molecule has 168 valence electrons. The van der Waals surface area contributed by atoms with Crippen molar-refractivity contribution in [1.29, 1.82) is 0 Å². The lowest BCUT2D eigenvalue weighted by Gasteiger charge is -2.38. The third kappa shape index (κ3) is 3.72. The van der Waals surface area contributed by atoms with Crippen molar-refractivity contribution in [1.82, 2.24) is 25.8 Å². The van der Waals surface area contributed by atoms with Gasteiger partial charge in [-0.15, -0.1) is 0 Å². The van der Waals surface area contributed by atoms with Crippen LogP contribution in [0.4, 0.5) is 0 Å². The molecule has 1 aromatic carbocycles. The first-order valence-electron chi connectivity index (χ1n) is 10.8. The lowest BCUT2D eigenvalue weighted by Crippen LogP contribution is -2.43. The van der Waals surface area contributed by atoms with Gasteiger partial charge in [-0.05, 0) is 38.5 Å². The summed E-state index contributed by atoms with van der Waals surface area (Å²) in [5.74, 6) is 0.947. The number of benzene rings is 1. The molecule has 3 aliphatic rings. The van der Waals surface area contributed by atoms with E-state index < -0.39 is 5.54 Å². The number of aliphatic hydroxyl groups is 2. The Morgan fingerprint density at radius 1 is 1.19 bits per heavy atom. The molecule has 5 N–H and O–H groups in total. The Bertz CT molecular complexity index is 1130. The maximum absolute atomic E-state index is 10.9.